The molecule has 0 aliphatic rings. The molecule has 3 rings (SSSR count). The first-order chi connectivity index (χ1) is 10.6. The second-order valence-electron chi connectivity index (χ2n) is 4.74. The van der Waals surface area contributed by atoms with Crippen LogP contribution in [-0.4, -0.2) is 20.9 Å². The van der Waals surface area contributed by atoms with Crippen LogP contribution in [0.5, 0.6) is 0 Å². The van der Waals surface area contributed by atoms with Crippen molar-refractivity contribution >= 4 is 22.4 Å². The summed E-state index contributed by atoms with van der Waals surface area (Å²) < 4.78 is 0. The van der Waals surface area contributed by atoms with E-state index in [1.807, 2.05) is 12.1 Å². The maximum Gasteiger partial charge on any atom is 0.326 e. The number of nitrogens with zero attached hydrogens (tertiary/aromatic N) is 1. The molecule has 2 heterocycles. The largest absolute Gasteiger partial charge is 0.326 e. The summed E-state index contributed by atoms with van der Waals surface area (Å²) >= 11 is 0. The zero-order valence-corrected chi connectivity index (χ0v) is 11.6. The molecule has 7 nitrogen and oxygen atoms in total. The van der Waals surface area contributed by atoms with Crippen molar-refractivity contribution in [3.05, 3.63) is 68.8 Å². The van der Waals surface area contributed by atoms with E-state index < -0.39 is 17.2 Å². The molecule has 0 saturated carbocycles. The Balaban J connectivity index is 2.05. The summed E-state index contributed by atoms with van der Waals surface area (Å²) in [6.45, 7) is 1.53. The molecular formula is C15H12N4O3. The minimum Gasteiger partial charge on any atom is -0.315 e. The van der Waals surface area contributed by atoms with Gasteiger partial charge in [-0.05, 0) is 18.4 Å². The standard InChI is InChI=1S/C15H12N4O3/c1-8-11(13(20)19-15(22)17-8)18-14(21)12-10-5-3-2-4-9(10)6-7-16-12/h2-7H,1H3,(H,18,21)(H2,17,19,20,22). The van der Waals surface area contributed by atoms with E-state index in [1.165, 1.54) is 13.1 Å². The molecule has 0 radical (unpaired) electrons. The predicted molar refractivity (Wildman–Crippen MR) is 82.1 cm³/mol. The molecule has 1 aromatic carbocycles. The summed E-state index contributed by atoms with van der Waals surface area (Å²) in [5, 5.41) is 4.05. The van der Waals surface area contributed by atoms with Crippen LogP contribution < -0.4 is 16.6 Å². The van der Waals surface area contributed by atoms with Crippen LogP contribution in [0.3, 0.4) is 0 Å². The average Bonchev–Trinajstić information content (AvgIpc) is 2.50. The van der Waals surface area contributed by atoms with E-state index in [4.69, 9.17) is 0 Å². The van der Waals surface area contributed by atoms with Crippen molar-refractivity contribution in [3.8, 4) is 0 Å². The summed E-state index contributed by atoms with van der Waals surface area (Å²) in [5.74, 6) is -0.516. The van der Waals surface area contributed by atoms with Gasteiger partial charge in [0.25, 0.3) is 11.5 Å². The maximum atomic E-state index is 12.4. The van der Waals surface area contributed by atoms with Gasteiger partial charge in [0.15, 0.2) is 0 Å². The molecule has 0 saturated heterocycles. The molecule has 110 valence electrons. The van der Waals surface area contributed by atoms with Gasteiger partial charge in [0, 0.05) is 17.3 Å². The van der Waals surface area contributed by atoms with E-state index in [0.29, 0.717) is 5.39 Å². The normalized spacial score (nSPS) is 10.6. The van der Waals surface area contributed by atoms with Crippen molar-refractivity contribution in [2.75, 3.05) is 5.32 Å². The van der Waals surface area contributed by atoms with Gasteiger partial charge in [0.2, 0.25) is 0 Å². The third-order valence-corrected chi connectivity index (χ3v) is 3.26. The zero-order chi connectivity index (χ0) is 15.7. The number of rotatable bonds is 2. The number of amides is 1. The summed E-state index contributed by atoms with van der Waals surface area (Å²) in [7, 11) is 0. The molecule has 7 heteroatoms. The van der Waals surface area contributed by atoms with Crippen molar-refractivity contribution in [2.24, 2.45) is 0 Å². The second-order valence-corrected chi connectivity index (χ2v) is 4.74. The summed E-state index contributed by atoms with van der Waals surface area (Å²) in [5.41, 5.74) is -0.789. The fraction of sp³-hybridized carbons (Fsp3) is 0.0667. The van der Waals surface area contributed by atoms with E-state index >= 15 is 0 Å². The number of carbonyl (C=O) groups excluding carboxylic acids is 1. The maximum absolute atomic E-state index is 12.4. The fourth-order valence-electron chi connectivity index (χ4n) is 2.22. The van der Waals surface area contributed by atoms with E-state index in [0.717, 1.165) is 5.39 Å². The van der Waals surface area contributed by atoms with Gasteiger partial charge < -0.3 is 10.3 Å². The monoisotopic (exact) mass is 296 g/mol. The smallest absolute Gasteiger partial charge is 0.315 e. The highest BCUT2D eigenvalue weighted by Gasteiger charge is 2.15. The van der Waals surface area contributed by atoms with Crippen molar-refractivity contribution in [3.63, 3.8) is 0 Å². The average molecular weight is 296 g/mol. The molecule has 0 unspecified atom stereocenters. The number of hydrogen-bond donors (Lipinski definition) is 3. The van der Waals surface area contributed by atoms with Gasteiger partial charge in [-0.3, -0.25) is 19.6 Å². The third kappa shape index (κ3) is 2.39. The SMILES string of the molecule is Cc1[nH]c(=O)[nH]c(=O)c1NC(=O)c1nccc2ccccc12. The highest BCUT2D eigenvalue weighted by atomic mass is 16.2. The summed E-state index contributed by atoms with van der Waals surface area (Å²) in [6.07, 6.45) is 1.53. The molecule has 3 N–H and O–H groups in total. The number of anilines is 1. The van der Waals surface area contributed by atoms with Gasteiger partial charge in [0.05, 0.1) is 0 Å². The van der Waals surface area contributed by atoms with Crippen LogP contribution in [-0.2, 0) is 0 Å². The van der Waals surface area contributed by atoms with Crippen molar-refractivity contribution < 1.29 is 4.79 Å². The number of nitrogens with one attached hydrogen (secondary N) is 3. The van der Waals surface area contributed by atoms with Crippen LogP contribution >= 0.6 is 0 Å². The molecule has 1 amide bonds. The van der Waals surface area contributed by atoms with Crippen LogP contribution in [0, 0.1) is 6.92 Å². The summed E-state index contributed by atoms with van der Waals surface area (Å²) in [6, 6.07) is 9.11. The summed E-state index contributed by atoms with van der Waals surface area (Å²) in [4.78, 5) is 43.9. The minimum absolute atomic E-state index is 0.000616. The zero-order valence-electron chi connectivity index (χ0n) is 11.6. The van der Waals surface area contributed by atoms with Crippen LogP contribution in [0.25, 0.3) is 10.8 Å². The van der Waals surface area contributed by atoms with Crippen LogP contribution in [0.4, 0.5) is 5.69 Å². The Morgan fingerprint density at radius 1 is 1.14 bits per heavy atom. The number of carbonyl (C=O) groups is 1. The molecule has 3 aromatic rings. The van der Waals surface area contributed by atoms with Gasteiger partial charge in [-0.2, -0.15) is 0 Å². The lowest BCUT2D eigenvalue weighted by Gasteiger charge is -2.08. The fourth-order valence-corrected chi connectivity index (χ4v) is 2.22. The molecule has 0 bridgehead atoms. The first kappa shape index (κ1) is 13.7. The van der Waals surface area contributed by atoms with Gasteiger partial charge >= 0.3 is 5.69 Å². The Hall–Kier alpha value is -3.22. The number of aromatic nitrogens is 3. The van der Waals surface area contributed by atoms with Crippen LogP contribution in [0.15, 0.2) is 46.1 Å². The van der Waals surface area contributed by atoms with Gasteiger partial charge in [-0.15, -0.1) is 0 Å². The van der Waals surface area contributed by atoms with Gasteiger partial charge in [-0.1, -0.05) is 24.3 Å². The molecule has 0 aliphatic carbocycles. The van der Waals surface area contributed by atoms with Crippen LogP contribution in [0.1, 0.15) is 16.2 Å². The highest BCUT2D eigenvalue weighted by molar-refractivity contribution is 6.11. The second kappa shape index (κ2) is 5.28. The molecule has 22 heavy (non-hydrogen) atoms. The molecular weight excluding hydrogens is 284 g/mol. The number of benzene rings is 1. The van der Waals surface area contributed by atoms with Crippen molar-refractivity contribution in [1.82, 2.24) is 15.0 Å². The number of pyridine rings is 1. The number of fused-ring (bicyclic) bond motifs is 1. The first-order valence-corrected chi connectivity index (χ1v) is 6.54. The third-order valence-electron chi connectivity index (χ3n) is 3.26. The topological polar surface area (TPSA) is 108 Å². The van der Waals surface area contributed by atoms with E-state index in [1.54, 1.807) is 18.2 Å². The van der Waals surface area contributed by atoms with E-state index in [2.05, 4.69) is 20.3 Å². The van der Waals surface area contributed by atoms with E-state index in [-0.39, 0.29) is 17.1 Å². The first-order valence-electron chi connectivity index (χ1n) is 6.54. The molecule has 0 fully saturated rings. The Bertz CT molecular complexity index is 982. The molecule has 0 aliphatic heterocycles. The van der Waals surface area contributed by atoms with E-state index in [9.17, 15) is 14.4 Å². The molecule has 0 atom stereocenters. The highest BCUT2D eigenvalue weighted by Crippen LogP contribution is 2.17. The Labute approximate surface area is 124 Å². The van der Waals surface area contributed by atoms with Crippen molar-refractivity contribution in [2.45, 2.75) is 6.92 Å². The number of hydrogen-bond acceptors (Lipinski definition) is 4. The Morgan fingerprint density at radius 3 is 2.68 bits per heavy atom. The lowest BCUT2D eigenvalue weighted by Crippen LogP contribution is -2.29. The Kier molecular flexibility index (Phi) is 3.30. The number of aromatic amines is 2. The molecule has 2 aromatic heterocycles. The lowest BCUT2D eigenvalue weighted by molar-refractivity contribution is 0.102. The quantitative estimate of drug-likeness (QED) is 0.659. The van der Waals surface area contributed by atoms with Crippen LogP contribution in [0.2, 0.25) is 0 Å². The number of aryl methyl sites for hydroxylation is 1. The minimum atomic E-state index is -0.658. The van der Waals surface area contributed by atoms with Gasteiger partial charge in [0.1, 0.15) is 11.4 Å². The van der Waals surface area contributed by atoms with Gasteiger partial charge in [-0.25, -0.2) is 4.79 Å². The van der Waals surface area contributed by atoms with Crippen molar-refractivity contribution in [1.29, 1.82) is 0 Å². The predicted octanol–water partition coefficient (Wildman–Crippen LogP) is 1.17. The Morgan fingerprint density at radius 2 is 1.91 bits per heavy atom. The molecule has 0 spiro atoms. The lowest BCUT2D eigenvalue weighted by atomic mass is 10.1. The number of H-pyrrole nitrogens is 2.